The SMILES string of the molecule is CNCC(COC)Oc1ccc(OC)cc1Br. The monoisotopic (exact) mass is 303 g/mol. The first-order valence-corrected chi connectivity index (χ1v) is 6.14. The molecule has 5 heteroatoms. The van der Waals surface area contributed by atoms with Gasteiger partial charge in [-0.05, 0) is 41.2 Å². The van der Waals surface area contributed by atoms with Gasteiger partial charge in [0.15, 0.2) is 0 Å². The molecule has 1 aromatic carbocycles. The van der Waals surface area contributed by atoms with Crippen molar-refractivity contribution in [1.29, 1.82) is 0 Å². The van der Waals surface area contributed by atoms with E-state index in [2.05, 4.69) is 21.2 Å². The molecule has 0 spiro atoms. The average molecular weight is 304 g/mol. The molecule has 0 aliphatic carbocycles. The first-order chi connectivity index (χ1) is 8.21. The van der Waals surface area contributed by atoms with E-state index in [1.54, 1.807) is 14.2 Å². The second-order valence-corrected chi connectivity index (χ2v) is 4.40. The Morgan fingerprint density at radius 2 is 2.12 bits per heavy atom. The van der Waals surface area contributed by atoms with Gasteiger partial charge >= 0.3 is 0 Å². The van der Waals surface area contributed by atoms with Crippen LogP contribution in [0, 0.1) is 0 Å². The Bertz CT molecular complexity index is 341. The molecule has 1 unspecified atom stereocenters. The third-order valence-electron chi connectivity index (χ3n) is 2.22. The summed E-state index contributed by atoms with van der Waals surface area (Å²) in [5.41, 5.74) is 0. The van der Waals surface area contributed by atoms with Crippen LogP contribution in [0.25, 0.3) is 0 Å². The van der Waals surface area contributed by atoms with Crippen LogP contribution >= 0.6 is 15.9 Å². The predicted octanol–water partition coefficient (Wildman–Crippen LogP) is 2.07. The van der Waals surface area contributed by atoms with Gasteiger partial charge in [0.05, 0.1) is 18.2 Å². The predicted molar refractivity (Wildman–Crippen MR) is 70.9 cm³/mol. The van der Waals surface area contributed by atoms with Gasteiger partial charge in [0.2, 0.25) is 0 Å². The highest BCUT2D eigenvalue weighted by molar-refractivity contribution is 9.10. The summed E-state index contributed by atoms with van der Waals surface area (Å²) in [6, 6.07) is 5.61. The van der Waals surface area contributed by atoms with Crippen LogP contribution in [-0.2, 0) is 4.74 Å². The highest BCUT2D eigenvalue weighted by Crippen LogP contribution is 2.29. The van der Waals surface area contributed by atoms with Gasteiger partial charge in [-0.1, -0.05) is 0 Å². The zero-order valence-corrected chi connectivity index (χ0v) is 11.9. The number of benzene rings is 1. The van der Waals surface area contributed by atoms with Gasteiger partial charge in [-0.3, -0.25) is 0 Å². The first-order valence-electron chi connectivity index (χ1n) is 5.35. The Kier molecular flexibility index (Phi) is 6.32. The van der Waals surface area contributed by atoms with E-state index in [1.165, 1.54) is 0 Å². The highest BCUT2D eigenvalue weighted by atomic mass is 79.9. The Morgan fingerprint density at radius 1 is 1.35 bits per heavy atom. The smallest absolute Gasteiger partial charge is 0.134 e. The molecule has 0 aliphatic rings. The fourth-order valence-corrected chi connectivity index (χ4v) is 1.88. The van der Waals surface area contributed by atoms with E-state index in [9.17, 15) is 0 Å². The lowest BCUT2D eigenvalue weighted by Crippen LogP contribution is -2.33. The van der Waals surface area contributed by atoms with Crippen molar-refractivity contribution in [3.05, 3.63) is 22.7 Å². The summed E-state index contributed by atoms with van der Waals surface area (Å²) in [6.45, 7) is 1.27. The van der Waals surface area contributed by atoms with Gasteiger partial charge in [-0.15, -0.1) is 0 Å². The lowest BCUT2D eigenvalue weighted by atomic mass is 10.3. The molecule has 0 heterocycles. The van der Waals surface area contributed by atoms with Gasteiger partial charge < -0.3 is 19.5 Å². The Morgan fingerprint density at radius 3 is 2.65 bits per heavy atom. The summed E-state index contributed by atoms with van der Waals surface area (Å²) in [5, 5.41) is 3.07. The van der Waals surface area contributed by atoms with Crippen LogP contribution in [0.4, 0.5) is 0 Å². The maximum Gasteiger partial charge on any atom is 0.134 e. The zero-order valence-electron chi connectivity index (χ0n) is 10.3. The van der Waals surface area contributed by atoms with Gasteiger partial charge in [0, 0.05) is 13.7 Å². The Hall–Kier alpha value is -0.780. The topological polar surface area (TPSA) is 39.7 Å². The molecule has 0 aliphatic heterocycles. The lowest BCUT2D eigenvalue weighted by molar-refractivity contribution is 0.0813. The standard InChI is InChI=1S/C12H18BrNO3/c1-14-7-10(8-15-2)17-12-5-4-9(16-3)6-11(12)13/h4-6,10,14H,7-8H2,1-3H3. The van der Waals surface area contributed by atoms with Gasteiger partial charge in [0.1, 0.15) is 17.6 Å². The number of hydrogen-bond donors (Lipinski definition) is 1. The summed E-state index contributed by atoms with van der Waals surface area (Å²) in [6.07, 6.45) is -0.0188. The van der Waals surface area contributed by atoms with Crippen molar-refractivity contribution < 1.29 is 14.2 Å². The Balaban J connectivity index is 2.71. The quantitative estimate of drug-likeness (QED) is 0.837. The van der Waals surface area contributed by atoms with Crippen LogP contribution in [0.5, 0.6) is 11.5 Å². The third-order valence-corrected chi connectivity index (χ3v) is 2.84. The summed E-state index contributed by atoms with van der Waals surface area (Å²) < 4.78 is 16.9. The molecule has 1 rings (SSSR count). The highest BCUT2D eigenvalue weighted by Gasteiger charge is 2.11. The molecule has 0 bridgehead atoms. The molecule has 96 valence electrons. The minimum atomic E-state index is -0.0188. The van der Waals surface area contributed by atoms with Crippen LogP contribution < -0.4 is 14.8 Å². The Labute approximate surface area is 110 Å². The van der Waals surface area contributed by atoms with Crippen molar-refractivity contribution in [1.82, 2.24) is 5.32 Å². The number of likely N-dealkylation sites (N-methyl/N-ethyl adjacent to an activating group) is 1. The van der Waals surface area contributed by atoms with Crippen LogP contribution in [0.2, 0.25) is 0 Å². The summed E-state index contributed by atoms with van der Waals surface area (Å²) in [5.74, 6) is 1.57. The van der Waals surface area contributed by atoms with E-state index in [0.29, 0.717) is 6.61 Å². The molecular weight excluding hydrogens is 286 g/mol. The molecule has 0 aromatic heterocycles. The number of hydrogen-bond acceptors (Lipinski definition) is 4. The number of methoxy groups -OCH3 is 2. The minimum absolute atomic E-state index is 0.0188. The van der Waals surface area contributed by atoms with Crippen LogP contribution in [-0.4, -0.2) is 40.5 Å². The summed E-state index contributed by atoms with van der Waals surface area (Å²) in [7, 11) is 5.18. The van der Waals surface area contributed by atoms with E-state index < -0.39 is 0 Å². The van der Waals surface area contributed by atoms with Crippen molar-refractivity contribution in [2.75, 3.05) is 34.4 Å². The van der Waals surface area contributed by atoms with Gasteiger partial charge in [-0.2, -0.15) is 0 Å². The molecular formula is C12H18BrNO3. The van der Waals surface area contributed by atoms with Crippen LogP contribution in [0.15, 0.2) is 22.7 Å². The van der Waals surface area contributed by atoms with E-state index in [4.69, 9.17) is 14.2 Å². The molecule has 0 fully saturated rings. The molecule has 4 nitrogen and oxygen atoms in total. The minimum Gasteiger partial charge on any atom is -0.497 e. The molecule has 17 heavy (non-hydrogen) atoms. The second kappa shape index (κ2) is 7.53. The summed E-state index contributed by atoms with van der Waals surface area (Å²) in [4.78, 5) is 0. The first kappa shape index (κ1) is 14.3. The zero-order chi connectivity index (χ0) is 12.7. The molecule has 1 atom stereocenters. The van der Waals surface area contributed by atoms with Crippen molar-refractivity contribution >= 4 is 15.9 Å². The number of halogens is 1. The van der Waals surface area contributed by atoms with E-state index in [1.807, 2.05) is 25.2 Å². The maximum atomic E-state index is 5.84. The molecule has 1 N–H and O–H groups in total. The average Bonchev–Trinajstić information content (AvgIpc) is 2.32. The van der Waals surface area contributed by atoms with Crippen molar-refractivity contribution in [3.8, 4) is 11.5 Å². The van der Waals surface area contributed by atoms with E-state index in [0.717, 1.165) is 22.5 Å². The molecule has 0 radical (unpaired) electrons. The van der Waals surface area contributed by atoms with Crippen LogP contribution in [0.3, 0.4) is 0 Å². The second-order valence-electron chi connectivity index (χ2n) is 3.55. The summed E-state index contributed by atoms with van der Waals surface area (Å²) >= 11 is 3.45. The number of rotatable bonds is 7. The molecule has 1 aromatic rings. The molecule has 0 amide bonds. The number of nitrogens with one attached hydrogen (secondary N) is 1. The number of ether oxygens (including phenoxy) is 3. The van der Waals surface area contributed by atoms with Crippen LogP contribution in [0.1, 0.15) is 0 Å². The normalized spacial score (nSPS) is 12.2. The third kappa shape index (κ3) is 4.53. The molecule has 0 saturated carbocycles. The van der Waals surface area contributed by atoms with Gasteiger partial charge in [0.25, 0.3) is 0 Å². The van der Waals surface area contributed by atoms with Crippen molar-refractivity contribution in [2.45, 2.75) is 6.10 Å². The van der Waals surface area contributed by atoms with Gasteiger partial charge in [-0.25, -0.2) is 0 Å². The molecule has 0 saturated heterocycles. The maximum absolute atomic E-state index is 5.84. The van der Waals surface area contributed by atoms with E-state index in [-0.39, 0.29) is 6.10 Å². The fourth-order valence-electron chi connectivity index (χ4n) is 1.43. The van der Waals surface area contributed by atoms with E-state index >= 15 is 0 Å². The van der Waals surface area contributed by atoms with Crippen molar-refractivity contribution in [2.24, 2.45) is 0 Å². The lowest BCUT2D eigenvalue weighted by Gasteiger charge is -2.19. The van der Waals surface area contributed by atoms with Crippen molar-refractivity contribution in [3.63, 3.8) is 0 Å². The fraction of sp³-hybridized carbons (Fsp3) is 0.500. The largest absolute Gasteiger partial charge is 0.497 e.